The number of rotatable bonds is 1. The van der Waals surface area contributed by atoms with Crippen molar-refractivity contribution in [2.75, 3.05) is 6.54 Å². The molecule has 2 aliphatic rings. The largest absolute Gasteiger partial charge is 0.336 e. The third kappa shape index (κ3) is 1.97. The Balaban J connectivity index is 1.82. The maximum absolute atomic E-state index is 13.0. The summed E-state index contributed by atoms with van der Waals surface area (Å²) in [4.78, 5) is 15.1. The van der Waals surface area contributed by atoms with Gasteiger partial charge in [-0.3, -0.25) is 4.79 Å². The van der Waals surface area contributed by atoms with Gasteiger partial charge in [-0.25, -0.2) is 0 Å². The minimum atomic E-state index is 0.220. The van der Waals surface area contributed by atoms with E-state index in [4.69, 9.17) is 0 Å². The lowest BCUT2D eigenvalue weighted by molar-refractivity contribution is 0.0637. The van der Waals surface area contributed by atoms with Crippen LogP contribution in [0.25, 0.3) is 10.8 Å². The SMILES string of the molecule is C[C@@H]1CCCCN1C(=O)c1ccc2c3c(cccc13)CC2. The smallest absolute Gasteiger partial charge is 0.254 e. The van der Waals surface area contributed by atoms with Crippen molar-refractivity contribution in [1.82, 2.24) is 4.90 Å². The Morgan fingerprint density at radius 1 is 1.10 bits per heavy atom. The van der Waals surface area contributed by atoms with Crippen LogP contribution in [0.3, 0.4) is 0 Å². The third-order valence-corrected chi connectivity index (χ3v) is 5.17. The highest BCUT2D eigenvalue weighted by Crippen LogP contribution is 2.33. The Morgan fingerprint density at radius 2 is 1.90 bits per heavy atom. The Hall–Kier alpha value is -1.83. The molecule has 2 nitrogen and oxygen atoms in total. The molecule has 0 bridgehead atoms. The molecule has 0 saturated carbocycles. The van der Waals surface area contributed by atoms with Crippen molar-refractivity contribution in [3.05, 3.63) is 47.0 Å². The number of benzene rings is 2. The fourth-order valence-electron chi connectivity index (χ4n) is 3.99. The molecule has 0 spiro atoms. The second kappa shape index (κ2) is 4.87. The molecule has 1 saturated heterocycles. The summed E-state index contributed by atoms with van der Waals surface area (Å²) in [6.07, 6.45) is 5.74. The average molecular weight is 279 g/mol. The fourth-order valence-corrected chi connectivity index (χ4v) is 3.99. The number of nitrogens with zero attached hydrogens (tertiary/aromatic N) is 1. The molecular weight excluding hydrogens is 258 g/mol. The lowest BCUT2D eigenvalue weighted by Crippen LogP contribution is -2.42. The van der Waals surface area contributed by atoms with Gasteiger partial charge >= 0.3 is 0 Å². The van der Waals surface area contributed by atoms with Gasteiger partial charge in [0.05, 0.1) is 0 Å². The number of carbonyl (C=O) groups is 1. The number of aryl methyl sites for hydroxylation is 2. The zero-order valence-corrected chi connectivity index (χ0v) is 12.6. The second-order valence-electron chi connectivity index (χ2n) is 6.46. The molecule has 4 rings (SSSR count). The highest BCUT2D eigenvalue weighted by atomic mass is 16.2. The van der Waals surface area contributed by atoms with E-state index >= 15 is 0 Å². The molecule has 1 aliphatic carbocycles. The van der Waals surface area contributed by atoms with Crippen LogP contribution in [-0.2, 0) is 12.8 Å². The van der Waals surface area contributed by atoms with Crippen molar-refractivity contribution in [1.29, 1.82) is 0 Å². The lowest BCUT2D eigenvalue weighted by Gasteiger charge is -2.33. The predicted octanol–water partition coefficient (Wildman–Crippen LogP) is 3.95. The van der Waals surface area contributed by atoms with Gasteiger partial charge in [0.15, 0.2) is 0 Å². The number of carbonyl (C=O) groups excluding carboxylic acids is 1. The van der Waals surface area contributed by atoms with Crippen LogP contribution in [0.15, 0.2) is 30.3 Å². The van der Waals surface area contributed by atoms with Gasteiger partial charge in [0.1, 0.15) is 0 Å². The van der Waals surface area contributed by atoms with E-state index in [1.54, 1.807) is 0 Å². The maximum atomic E-state index is 13.0. The van der Waals surface area contributed by atoms with Crippen molar-refractivity contribution < 1.29 is 4.79 Å². The molecule has 0 unspecified atom stereocenters. The van der Waals surface area contributed by atoms with Gasteiger partial charge in [-0.05, 0) is 67.0 Å². The first kappa shape index (κ1) is 12.9. The molecule has 1 fully saturated rings. The number of hydrogen-bond acceptors (Lipinski definition) is 1. The first-order valence-electron chi connectivity index (χ1n) is 8.10. The standard InChI is InChI=1S/C19H21NO/c1-13-5-2-3-12-20(13)19(21)17-11-10-15-9-8-14-6-4-7-16(17)18(14)15/h4,6-7,10-11,13H,2-3,5,8-9,12H2,1H3/t13-/m1/s1. The quantitative estimate of drug-likeness (QED) is 0.774. The van der Waals surface area contributed by atoms with E-state index in [-0.39, 0.29) is 5.91 Å². The van der Waals surface area contributed by atoms with Gasteiger partial charge in [0, 0.05) is 18.2 Å². The predicted molar refractivity (Wildman–Crippen MR) is 85.7 cm³/mol. The molecule has 1 atom stereocenters. The molecule has 2 aromatic carbocycles. The van der Waals surface area contributed by atoms with Crippen LogP contribution in [-0.4, -0.2) is 23.4 Å². The van der Waals surface area contributed by atoms with Crippen LogP contribution < -0.4 is 0 Å². The van der Waals surface area contributed by atoms with Crippen LogP contribution in [0, 0.1) is 0 Å². The number of amides is 1. The molecule has 1 aliphatic heterocycles. The van der Waals surface area contributed by atoms with Crippen LogP contribution in [0.1, 0.15) is 47.7 Å². The zero-order chi connectivity index (χ0) is 14.4. The van der Waals surface area contributed by atoms with E-state index in [1.807, 2.05) is 0 Å². The summed E-state index contributed by atoms with van der Waals surface area (Å²) in [7, 11) is 0. The lowest BCUT2D eigenvalue weighted by atomic mass is 9.97. The number of hydrogen-bond donors (Lipinski definition) is 0. The van der Waals surface area contributed by atoms with Crippen molar-refractivity contribution in [3.63, 3.8) is 0 Å². The molecule has 0 radical (unpaired) electrons. The number of piperidine rings is 1. The van der Waals surface area contributed by atoms with Gasteiger partial charge in [0.25, 0.3) is 5.91 Å². The highest BCUT2D eigenvalue weighted by molar-refractivity contribution is 6.09. The van der Waals surface area contributed by atoms with Crippen molar-refractivity contribution in [2.24, 2.45) is 0 Å². The number of likely N-dealkylation sites (tertiary alicyclic amines) is 1. The first-order chi connectivity index (χ1) is 10.3. The monoisotopic (exact) mass is 279 g/mol. The van der Waals surface area contributed by atoms with E-state index in [0.717, 1.165) is 43.2 Å². The van der Waals surface area contributed by atoms with Crippen LogP contribution in [0.5, 0.6) is 0 Å². The summed E-state index contributed by atoms with van der Waals surface area (Å²) < 4.78 is 0. The van der Waals surface area contributed by atoms with Crippen molar-refractivity contribution in [2.45, 2.75) is 45.1 Å². The molecule has 2 aromatic rings. The summed E-state index contributed by atoms with van der Waals surface area (Å²) in [5, 5.41) is 2.50. The van der Waals surface area contributed by atoms with Gasteiger partial charge < -0.3 is 4.90 Å². The molecule has 0 aromatic heterocycles. The molecule has 1 heterocycles. The summed E-state index contributed by atoms with van der Waals surface area (Å²) in [6, 6.07) is 11.0. The fraction of sp³-hybridized carbons (Fsp3) is 0.421. The van der Waals surface area contributed by atoms with Crippen LogP contribution in [0.4, 0.5) is 0 Å². The highest BCUT2D eigenvalue weighted by Gasteiger charge is 2.26. The van der Waals surface area contributed by atoms with Crippen LogP contribution in [0.2, 0.25) is 0 Å². The maximum Gasteiger partial charge on any atom is 0.254 e. The minimum Gasteiger partial charge on any atom is -0.336 e. The molecule has 108 valence electrons. The molecular formula is C19H21NO. The van der Waals surface area contributed by atoms with E-state index in [2.05, 4.69) is 42.2 Å². The third-order valence-electron chi connectivity index (χ3n) is 5.17. The van der Waals surface area contributed by atoms with Gasteiger partial charge in [-0.15, -0.1) is 0 Å². The van der Waals surface area contributed by atoms with E-state index < -0.39 is 0 Å². The van der Waals surface area contributed by atoms with Gasteiger partial charge in [-0.2, -0.15) is 0 Å². The summed E-state index contributed by atoms with van der Waals surface area (Å²) in [5.41, 5.74) is 3.71. The first-order valence-corrected chi connectivity index (χ1v) is 8.10. The molecule has 0 N–H and O–H groups in total. The van der Waals surface area contributed by atoms with Crippen molar-refractivity contribution in [3.8, 4) is 0 Å². The Morgan fingerprint density at radius 3 is 2.71 bits per heavy atom. The summed E-state index contributed by atoms with van der Waals surface area (Å²) in [6.45, 7) is 3.08. The van der Waals surface area contributed by atoms with Crippen LogP contribution >= 0.6 is 0 Å². The van der Waals surface area contributed by atoms with Crippen molar-refractivity contribution >= 4 is 16.7 Å². The average Bonchev–Trinajstić information content (AvgIpc) is 2.93. The topological polar surface area (TPSA) is 20.3 Å². The Kier molecular flexibility index (Phi) is 2.99. The minimum absolute atomic E-state index is 0.220. The van der Waals surface area contributed by atoms with E-state index in [9.17, 15) is 4.79 Å². The Labute approximate surface area is 125 Å². The summed E-state index contributed by atoms with van der Waals surface area (Å²) in [5.74, 6) is 0.220. The second-order valence-corrected chi connectivity index (χ2v) is 6.46. The molecule has 1 amide bonds. The van der Waals surface area contributed by atoms with E-state index in [0.29, 0.717) is 6.04 Å². The molecule has 21 heavy (non-hydrogen) atoms. The van der Waals surface area contributed by atoms with Gasteiger partial charge in [0.2, 0.25) is 0 Å². The molecule has 2 heteroatoms. The van der Waals surface area contributed by atoms with E-state index in [1.165, 1.54) is 22.9 Å². The normalized spacial score (nSPS) is 21.0. The van der Waals surface area contributed by atoms with Gasteiger partial charge in [-0.1, -0.05) is 24.3 Å². The summed E-state index contributed by atoms with van der Waals surface area (Å²) >= 11 is 0. The Bertz CT molecular complexity index is 709. The zero-order valence-electron chi connectivity index (χ0n) is 12.6.